The SMILES string of the molecule is CCc1ncnc(NCC(C)(O)CN(C)C)c1F. The molecule has 0 aliphatic heterocycles. The van der Waals surface area contributed by atoms with Gasteiger partial charge < -0.3 is 15.3 Å². The first-order valence-electron chi connectivity index (χ1n) is 5.96. The van der Waals surface area contributed by atoms with Gasteiger partial charge in [-0.25, -0.2) is 14.4 Å². The van der Waals surface area contributed by atoms with Crippen LogP contribution in [-0.4, -0.2) is 52.8 Å². The van der Waals surface area contributed by atoms with E-state index < -0.39 is 11.4 Å². The molecule has 0 saturated heterocycles. The van der Waals surface area contributed by atoms with Crippen LogP contribution in [0.25, 0.3) is 0 Å². The number of hydrogen-bond acceptors (Lipinski definition) is 5. The lowest BCUT2D eigenvalue weighted by Crippen LogP contribution is -2.43. The molecule has 1 unspecified atom stereocenters. The molecule has 0 bridgehead atoms. The first kappa shape index (κ1) is 14.8. The number of rotatable bonds is 6. The molecule has 0 spiro atoms. The van der Waals surface area contributed by atoms with Gasteiger partial charge in [0.1, 0.15) is 6.33 Å². The molecule has 102 valence electrons. The van der Waals surface area contributed by atoms with Crippen LogP contribution in [0.3, 0.4) is 0 Å². The molecule has 2 N–H and O–H groups in total. The van der Waals surface area contributed by atoms with Crippen LogP contribution in [0.15, 0.2) is 6.33 Å². The monoisotopic (exact) mass is 256 g/mol. The highest BCUT2D eigenvalue weighted by Crippen LogP contribution is 2.14. The number of anilines is 1. The molecule has 1 atom stereocenters. The van der Waals surface area contributed by atoms with Gasteiger partial charge in [0.15, 0.2) is 11.6 Å². The second-order valence-corrected chi connectivity index (χ2v) is 4.92. The van der Waals surface area contributed by atoms with E-state index in [1.54, 1.807) is 6.92 Å². The van der Waals surface area contributed by atoms with E-state index in [2.05, 4.69) is 15.3 Å². The predicted molar refractivity (Wildman–Crippen MR) is 69.0 cm³/mol. The lowest BCUT2D eigenvalue weighted by atomic mass is 10.1. The third-order valence-corrected chi connectivity index (χ3v) is 2.49. The summed E-state index contributed by atoms with van der Waals surface area (Å²) in [4.78, 5) is 9.57. The molecule has 1 aromatic heterocycles. The van der Waals surface area contributed by atoms with E-state index in [-0.39, 0.29) is 12.4 Å². The number of likely N-dealkylation sites (N-methyl/N-ethyl adjacent to an activating group) is 1. The van der Waals surface area contributed by atoms with Crippen LogP contribution in [0, 0.1) is 5.82 Å². The number of halogens is 1. The minimum absolute atomic E-state index is 0.140. The normalized spacial score (nSPS) is 14.6. The Labute approximate surface area is 107 Å². The van der Waals surface area contributed by atoms with Crippen molar-refractivity contribution in [2.24, 2.45) is 0 Å². The Kier molecular flexibility index (Phi) is 4.98. The van der Waals surface area contributed by atoms with E-state index in [0.717, 1.165) is 0 Å². The van der Waals surface area contributed by atoms with Crippen molar-refractivity contribution in [1.82, 2.24) is 14.9 Å². The first-order valence-corrected chi connectivity index (χ1v) is 5.96. The minimum atomic E-state index is -0.951. The fourth-order valence-electron chi connectivity index (χ4n) is 1.79. The highest BCUT2D eigenvalue weighted by Gasteiger charge is 2.22. The summed E-state index contributed by atoms with van der Waals surface area (Å²) in [6.45, 7) is 4.23. The molecule has 0 saturated carbocycles. The summed E-state index contributed by atoms with van der Waals surface area (Å²) >= 11 is 0. The Morgan fingerprint density at radius 3 is 2.67 bits per heavy atom. The number of nitrogens with one attached hydrogen (secondary N) is 1. The van der Waals surface area contributed by atoms with E-state index in [9.17, 15) is 9.50 Å². The maximum Gasteiger partial charge on any atom is 0.186 e. The molecule has 1 heterocycles. The first-order chi connectivity index (χ1) is 8.35. The Balaban J connectivity index is 2.69. The third-order valence-electron chi connectivity index (χ3n) is 2.49. The molecule has 0 aromatic carbocycles. The number of nitrogens with zero attached hydrogens (tertiary/aromatic N) is 3. The van der Waals surface area contributed by atoms with Crippen molar-refractivity contribution in [3.8, 4) is 0 Å². The number of aryl methyl sites for hydroxylation is 1. The summed E-state index contributed by atoms with van der Waals surface area (Å²) in [5, 5.41) is 12.9. The fraction of sp³-hybridized carbons (Fsp3) is 0.667. The van der Waals surface area contributed by atoms with Gasteiger partial charge in [0, 0.05) is 13.1 Å². The van der Waals surface area contributed by atoms with Crippen molar-refractivity contribution in [2.75, 3.05) is 32.5 Å². The zero-order valence-corrected chi connectivity index (χ0v) is 11.4. The standard InChI is InChI=1S/C12H21FN4O/c1-5-9-10(13)11(16-8-15-9)14-6-12(2,18)7-17(3)4/h8,18H,5-7H2,1-4H3,(H,14,15,16). The van der Waals surface area contributed by atoms with E-state index >= 15 is 0 Å². The van der Waals surface area contributed by atoms with Crippen molar-refractivity contribution in [1.29, 1.82) is 0 Å². The minimum Gasteiger partial charge on any atom is -0.387 e. The zero-order chi connectivity index (χ0) is 13.8. The van der Waals surface area contributed by atoms with E-state index in [1.807, 2.05) is 25.9 Å². The highest BCUT2D eigenvalue weighted by atomic mass is 19.1. The summed E-state index contributed by atoms with van der Waals surface area (Å²) in [7, 11) is 3.74. The van der Waals surface area contributed by atoms with Gasteiger partial charge in [0.2, 0.25) is 0 Å². The van der Waals surface area contributed by atoms with Crippen LogP contribution in [0.1, 0.15) is 19.5 Å². The van der Waals surface area contributed by atoms with Crippen molar-refractivity contribution in [3.05, 3.63) is 17.8 Å². The van der Waals surface area contributed by atoms with Gasteiger partial charge in [0.05, 0.1) is 11.3 Å². The molecule has 0 aliphatic carbocycles. The van der Waals surface area contributed by atoms with Crippen LogP contribution in [0.2, 0.25) is 0 Å². The molecule has 5 nitrogen and oxygen atoms in total. The maximum atomic E-state index is 13.8. The quantitative estimate of drug-likeness (QED) is 0.792. The maximum absolute atomic E-state index is 13.8. The van der Waals surface area contributed by atoms with Gasteiger partial charge in [-0.05, 0) is 27.4 Å². The predicted octanol–water partition coefficient (Wildman–Crippen LogP) is 0.903. The van der Waals surface area contributed by atoms with Crippen LogP contribution in [0.5, 0.6) is 0 Å². The molecule has 18 heavy (non-hydrogen) atoms. The molecule has 0 aliphatic rings. The second kappa shape index (κ2) is 6.06. The van der Waals surface area contributed by atoms with Gasteiger partial charge >= 0.3 is 0 Å². The van der Waals surface area contributed by atoms with E-state index in [0.29, 0.717) is 18.7 Å². The van der Waals surface area contributed by atoms with Crippen molar-refractivity contribution < 1.29 is 9.50 Å². The van der Waals surface area contributed by atoms with Crippen molar-refractivity contribution >= 4 is 5.82 Å². The molecule has 6 heteroatoms. The summed E-state index contributed by atoms with van der Waals surface area (Å²) in [5.74, 6) is -0.304. The van der Waals surface area contributed by atoms with Gasteiger partial charge in [-0.1, -0.05) is 6.92 Å². The Morgan fingerprint density at radius 2 is 2.11 bits per heavy atom. The van der Waals surface area contributed by atoms with E-state index in [4.69, 9.17) is 0 Å². The average Bonchev–Trinajstić information content (AvgIpc) is 2.26. The number of aliphatic hydroxyl groups is 1. The lowest BCUT2D eigenvalue weighted by molar-refractivity contribution is 0.0458. The smallest absolute Gasteiger partial charge is 0.186 e. The van der Waals surface area contributed by atoms with Crippen molar-refractivity contribution in [2.45, 2.75) is 25.9 Å². The van der Waals surface area contributed by atoms with Crippen LogP contribution >= 0.6 is 0 Å². The Hall–Kier alpha value is -1.27. The third kappa shape index (κ3) is 4.19. The van der Waals surface area contributed by atoms with Crippen LogP contribution in [-0.2, 0) is 6.42 Å². The summed E-state index contributed by atoms with van der Waals surface area (Å²) < 4.78 is 13.8. The van der Waals surface area contributed by atoms with Gasteiger partial charge in [-0.15, -0.1) is 0 Å². The molecule has 1 rings (SSSR count). The molecule has 0 fully saturated rings. The Bertz CT molecular complexity index is 396. The summed E-state index contributed by atoms with van der Waals surface area (Å²) in [6.07, 6.45) is 1.84. The molecule has 0 amide bonds. The highest BCUT2D eigenvalue weighted by molar-refractivity contribution is 5.37. The average molecular weight is 256 g/mol. The molecule has 0 radical (unpaired) electrons. The van der Waals surface area contributed by atoms with Gasteiger partial charge in [-0.2, -0.15) is 0 Å². The summed E-state index contributed by atoms with van der Waals surface area (Å²) in [5.41, 5.74) is -0.576. The lowest BCUT2D eigenvalue weighted by Gasteiger charge is -2.27. The summed E-state index contributed by atoms with van der Waals surface area (Å²) in [6, 6.07) is 0. The largest absolute Gasteiger partial charge is 0.387 e. The molecular formula is C12H21FN4O. The van der Waals surface area contributed by atoms with Crippen molar-refractivity contribution in [3.63, 3.8) is 0 Å². The number of aromatic nitrogens is 2. The van der Waals surface area contributed by atoms with E-state index in [1.165, 1.54) is 6.33 Å². The number of hydrogen-bond donors (Lipinski definition) is 2. The Morgan fingerprint density at radius 1 is 1.44 bits per heavy atom. The topological polar surface area (TPSA) is 61.3 Å². The van der Waals surface area contributed by atoms with Gasteiger partial charge in [-0.3, -0.25) is 0 Å². The van der Waals surface area contributed by atoms with Crippen LogP contribution in [0.4, 0.5) is 10.2 Å². The zero-order valence-electron chi connectivity index (χ0n) is 11.4. The molecular weight excluding hydrogens is 235 g/mol. The molecule has 1 aromatic rings. The fourth-order valence-corrected chi connectivity index (χ4v) is 1.79. The van der Waals surface area contributed by atoms with Gasteiger partial charge in [0.25, 0.3) is 0 Å². The second-order valence-electron chi connectivity index (χ2n) is 4.92. The van der Waals surface area contributed by atoms with Crippen LogP contribution < -0.4 is 5.32 Å².